The van der Waals surface area contributed by atoms with Crippen LogP contribution in [0.25, 0.3) is 10.2 Å². The molecular formula is C11H12N2O3S. The van der Waals surface area contributed by atoms with E-state index in [0.717, 1.165) is 11.3 Å². The third-order valence-electron chi connectivity index (χ3n) is 2.26. The largest absolute Gasteiger partial charge is 0.477 e. The fourth-order valence-corrected chi connectivity index (χ4v) is 2.45. The van der Waals surface area contributed by atoms with Gasteiger partial charge in [-0.15, -0.1) is 11.3 Å². The molecule has 0 saturated carbocycles. The highest BCUT2D eigenvalue weighted by molar-refractivity contribution is 7.20. The Morgan fingerprint density at radius 1 is 1.59 bits per heavy atom. The molecule has 90 valence electrons. The van der Waals surface area contributed by atoms with Crippen LogP contribution < -0.4 is 5.56 Å². The summed E-state index contributed by atoms with van der Waals surface area (Å²) < 4.78 is 0. The number of carboxylic acid groups (broad SMARTS) is 1. The molecule has 2 heterocycles. The smallest absolute Gasteiger partial charge is 0.345 e. The maximum atomic E-state index is 11.7. The summed E-state index contributed by atoms with van der Waals surface area (Å²) in [5.41, 5.74) is -0.269. The van der Waals surface area contributed by atoms with Gasteiger partial charge in [-0.25, -0.2) is 9.78 Å². The van der Waals surface area contributed by atoms with Crippen molar-refractivity contribution in [2.45, 2.75) is 20.3 Å². The molecule has 0 aromatic carbocycles. The normalized spacial score (nSPS) is 11.2. The molecule has 2 rings (SSSR count). The molecule has 5 nitrogen and oxygen atoms in total. The first kappa shape index (κ1) is 11.8. The van der Waals surface area contributed by atoms with E-state index in [-0.39, 0.29) is 10.4 Å². The Bertz CT molecular complexity index is 627. The Kier molecular flexibility index (Phi) is 2.97. The van der Waals surface area contributed by atoms with Crippen molar-refractivity contribution < 1.29 is 9.90 Å². The van der Waals surface area contributed by atoms with Crippen LogP contribution in [0.2, 0.25) is 0 Å². The molecule has 0 radical (unpaired) electrons. The number of nitrogens with zero attached hydrogens (tertiary/aromatic N) is 1. The molecule has 0 fully saturated rings. The predicted octanol–water partition coefficient (Wildman–Crippen LogP) is 1.88. The van der Waals surface area contributed by atoms with E-state index < -0.39 is 5.97 Å². The number of nitrogens with one attached hydrogen (secondary N) is 1. The summed E-state index contributed by atoms with van der Waals surface area (Å²) in [6, 6.07) is 1.37. The number of hydrogen-bond acceptors (Lipinski definition) is 4. The summed E-state index contributed by atoms with van der Waals surface area (Å²) in [7, 11) is 0. The van der Waals surface area contributed by atoms with E-state index in [4.69, 9.17) is 5.11 Å². The standard InChI is InChI=1S/C11H12N2O3S/c1-5(2)3-8-12-9(14)6-4-7(11(15)16)17-10(6)13-8/h4-5H,3H2,1-2H3,(H,15,16)(H,12,13,14). The highest BCUT2D eigenvalue weighted by Crippen LogP contribution is 2.21. The van der Waals surface area contributed by atoms with Gasteiger partial charge in [0.2, 0.25) is 0 Å². The van der Waals surface area contributed by atoms with E-state index in [1.165, 1.54) is 6.07 Å². The molecule has 6 heteroatoms. The lowest BCUT2D eigenvalue weighted by Gasteiger charge is -2.02. The van der Waals surface area contributed by atoms with Crippen molar-refractivity contribution in [2.75, 3.05) is 0 Å². The van der Waals surface area contributed by atoms with Crippen molar-refractivity contribution >= 4 is 27.5 Å². The minimum atomic E-state index is -1.03. The molecule has 0 aliphatic carbocycles. The van der Waals surface area contributed by atoms with Crippen LogP contribution in [0.15, 0.2) is 10.9 Å². The van der Waals surface area contributed by atoms with Gasteiger partial charge >= 0.3 is 5.97 Å². The second kappa shape index (κ2) is 4.29. The third kappa shape index (κ3) is 2.36. The van der Waals surface area contributed by atoms with Crippen LogP contribution in [0.5, 0.6) is 0 Å². The Morgan fingerprint density at radius 2 is 2.29 bits per heavy atom. The number of thiophene rings is 1. The van der Waals surface area contributed by atoms with Gasteiger partial charge in [0, 0.05) is 6.42 Å². The van der Waals surface area contributed by atoms with Gasteiger partial charge in [0.15, 0.2) is 0 Å². The first-order chi connectivity index (χ1) is 7.97. The fourth-order valence-electron chi connectivity index (χ4n) is 1.56. The summed E-state index contributed by atoms with van der Waals surface area (Å²) in [5.74, 6) is -0.0383. The van der Waals surface area contributed by atoms with Gasteiger partial charge in [-0.3, -0.25) is 4.79 Å². The lowest BCUT2D eigenvalue weighted by molar-refractivity contribution is 0.0702. The highest BCUT2D eigenvalue weighted by atomic mass is 32.1. The van der Waals surface area contributed by atoms with Gasteiger partial charge in [0.25, 0.3) is 5.56 Å². The SMILES string of the molecule is CC(C)Cc1nc2sc(C(=O)O)cc2c(=O)[nH]1. The number of H-pyrrole nitrogens is 1. The number of fused-ring (bicyclic) bond motifs is 1. The zero-order valence-corrected chi connectivity index (χ0v) is 10.3. The van der Waals surface area contributed by atoms with E-state index in [9.17, 15) is 9.59 Å². The predicted molar refractivity (Wildman–Crippen MR) is 65.7 cm³/mol. The van der Waals surface area contributed by atoms with Crippen LogP contribution >= 0.6 is 11.3 Å². The summed E-state index contributed by atoms with van der Waals surface area (Å²) in [4.78, 5) is 30.1. The molecule has 0 aliphatic heterocycles. The highest BCUT2D eigenvalue weighted by Gasteiger charge is 2.13. The minimum absolute atomic E-state index is 0.139. The van der Waals surface area contributed by atoms with Crippen LogP contribution in [-0.4, -0.2) is 21.0 Å². The quantitative estimate of drug-likeness (QED) is 0.873. The van der Waals surface area contributed by atoms with Crippen molar-refractivity contribution in [3.63, 3.8) is 0 Å². The Morgan fingerprint density at radius 3 is 2.88 bits per heavy atom. The van der Waals surface area contributed by atoms with Gasteiger partial charge in [0.1, 0.15) is 15.5 Å². The number of carboxylic acids is 1. The molecule has 0 amide bonds. The van der Waals surface area contributed by atoms with Gasteiger partial charge in [-0.1, -0.05) is 13.8 Å². The monoisotopic (exact) mass is 252 g/mol. The second-order valence-corrected chi connectivity index (χ2v) is 5.28. The molecule has 0 saturated heterocycles. The zero-order valence-electron chi connectivity index (χ0n) is 9.48. The first-order valence-corrected chi connectivity index (χ1v) is 6.05. The number of aromatic amines is 1. The number of rotatable bonds is 3. The van der Waals surface area contributed by atoms with Gasteiger partial charge < -0.3 is 10.1 Å². The van der Waals surface area contributed by atoms with Crippen molar-refractivity contribution in [3.8, 4) is 0 Å². The average molecular weight is 252 g/mol. The molecular weight excluding hydrogens is 240 g/mol. The van der Waals surface area contributed by atoms with E-state index in [1.807, 2.05) is 13.8 Å². The fraction of sp³-hybridized carbons (Fsp3) is 0.364. The average Bonchev–Trinajstić information content (AvgIpc) is 2.60. The van der Waals surface area contributed by atoms with Crippen molar-refractivity contribution in [2.24, 2.45) is 5.92 Å². The summed E-state index contributed by atoms with van der Waals surface area (Å²) in [6.45, 7) is 4.06. The topological polar surface area (TPSA) is 83.0 Å². The maximum Gasteiger partial charge on any atom is 0.345 e. The zero-order chi connectivity index (χ0) is 12.6. The van der Waals surface area contributed by atoms with E-state index in [1.54, 1.807) is 0 Å². The molecule has 2 aromatic heterocycles. The summed E-state index contributed by atoms with van der Waals surface area (Å²) in [6.07, 6.45) is 0.672. The third-order valence-corrected chi connectivity index (χ3v) is 3.28. The van der Waals surface area contributed by atoms with Crippen molar-refractivity contribution in [1.82, 2.24) is 9.97 Å². The molecule has 2 N–H and O–H groups in total. The Hall–Kier alpha value is -1.69. The van der Waals surface area contributed by atoms with Gasteiger partial charge in [-0.2, -0.15) is 0 Å². The Balaban J connectivity index is 2.57. The van der Waals surface area contributed by atoms with Crippen LogP contribution in [0.1, 0.15) is 29.3 Å². The van der Waals surface area contributed by atoms with Crippen molar-refractivity contribution in [3.05, 3.63) is 27.1 Å². The maximum absolute atomic E-state index is 11.7. The van der Waals surface area contributed by atoms with Crippen LogP contribution in [0.3, 0.4) is 0 Å². The number of carbonyl (C=O) groups is 1. The number of hydrogen-bond donors (Lipinski definition) is 2. The lowest BCUT2D eigenvalue weighted by Crippen LogP contribution is -2.12. The van der Waals surface area contributed by atoms with Crippen molar-refractivity contribution in [1.29, 1.82) is 0 Å². The summed E-state index contributed by atoms with van der Waals surface area (Å²) in [5, 5.41) is 9.21. The van der Waals surface area contributed by atoms with Gasteiger partial charge in [0.05, 0.1) is 5.39 Å². The second-order valence-electron chi connectivity index (χ2n) is 4.25. The van der Waals surface area contributed by atoms with Crippen LogP contribution in [0, 0.1) is 5.92 Å². The van der Waals surface area contributed by atoms with E-state index >= 15 is 0 Å². The van der Waals surface area contributed by atoms with E-state index in [0.29, 0.717) is 28.4 Å². The molecule has 0 aliphatic rings. The van der Waals surface area contributed by atoms with Crippen LogP contribution in [0.4, 0.5) is 0 Å². The lowest BCUT2D eigenvalue weighted by atomic mass is 10.1. The van der Waals surface area contributed by atoms with E-state index in [2.05, 4.69) is 9.97 Å². The number of aromatic nitrogens is 2. The molecule has 17 heavy (non-hydrogen) atoms. The summed E-state index contributed by atoms with van der Waals surface area (Å²) >= 11 is 1.03. The number of aromatic carboxylic acids is 1. The molecule has 0 atom stereocenters. The van der Waals surface area contributed by atoms with Crippen LogP contribution in [-0.2, 0) is 6.42 Å². The molecule has 0 unspecified atom stereocenters. The molecule has 2 aromatic rings. The molecule has 0 spiro atoms. The Labute approximate surface area is 101 Å². The molecule has 0 bridgehead atoms. The van der Waals surface area contributed by atoms with Gasteiger partial charge in [-0.05, 0) is 12.0 Å². The first-order valence-electron chi connectivity index (χ1n) is 5.23. The minimum Gasteiger partial charge on any atom is -0.477 e.